The van der Waals surface area contributed by atoms with Gasteiger partial charge in [-0.1, -0.05) is 24.3 Å². The van der Waals surface area contributed by atoms with E-state index in [9.17, 15) is 9.18 Å². The van der Waals surface area contributed by atoms with Gasteiger partial charge in [-0.05, 0) is 24.3 Å². The highest BCUT2D eigenvalue weighted by molar-refractivity contribution is 5.77. The molecule has 3 aromatic rings. The number of nitrogens with one attached hydrogen (secondary N) is 1. The SMILES string of the molecule is O=c1cnn(CCNc2ccccc2F)c2ccccc12. The van der Waals surface area contributed by atoms with Crippen molar-refractivity contribution in [2.24, 2.45) is 0 Å². The Morgan fingerprint density at radius 3 is 2.71 bits per heavy atom. The molecular weight excluding hydrogens is 269 g/mol. The van der Waals surface area contributed by atoms with Gasteiger partial charge in [-0.25, -0.2) is 4.39 Å². The van der Waals surface area contributed by atoms with Crippen LogP contribution in [0.4, 0.5) is 10.1 Å². The summed E-state index contributed by atoms with van der Waals surface area (Å²) < 4.78 is 15.2. The molecule has 0 aliphatic carbocycles. The third kappa shape index (κ3) is 2.76. The van der Waals surface area contributed by atoms with Crippen LogP contribution in [0.15, 0.2) is 59.5 Å². The first-order valence-electron chi connectivity index (χ1n) is 6.69. The van der Waals surface area contributed by atoms with Crippen LogP contribution in [-0.2, 0) is 6.54 Å². The molecule has 0 saturated heterocycles. The lowest BCUT2D eigenvalue weighted by Crippen LogP contribution is -2.17. The van der Waals surface area contributed by atoms with Gasteiger partial charge >= 0.3 is 0 Å². The first kappa shape index (κ1) is 13.3. The molecule has 0 radical (unpaired) electrons. The van der Waals surface area contributed by atoms with E-state index >= 15 is 0 Å². The Kier molecular flexibility index (Phi) is 3.64. The van der Waals surface area contributed by atoms with Gasteiger partial charge in [-0.3, -0.25) is 9.48 Å². The molecule has 0 aliphatic rings. The van der Waals surface area contributed by atoms with E-state index in [-0.39, 0.29) is 11.2 Å². The second-order valence-corrected chi connectivity index (χ2v) is 4.66. The smallest absolute Gasteiger partial charge is 0.207 e. The molecule has 21 heavy (non-hydrogen) atoms. The Morgan fingerprint density at radius 2 is 1.86 bits per heavy atom. The Labute approximate surface area is 120 Å². The van der Waals surface area contributed by atoms with Crippen LogP contribution in [0.1, 0.15) is 0 Å². The summed E-state index contributed by atoms with van der Waals surface area (Å²) >= 11 is 0. The van der Waals surface area contributed by atoms with Crippen LogP contribution in [-0.4, -0.2) is 16.3 Å². The normalized spacial score (nSPS) is 10.7. The van der Waals surface area contributed by atoms with E-state index in [1.54, 1.807) is 28.9 Å². The largest absolute Gasteiger partial charge is 0.381 e. The van der Waals surface area contributed by atoms with Crippen molar-refractivity contribution in [3.8, 4) is 0 Å². The molecule has 1 N–H and O–H groups in total. The number of hydrogen-bond acceptors (Lipinski definition) is 3. The van der Waals surface area contributed by atoms with Crippen molar-refractivity contribution in [3.05, 3.63) is 70.8 Å². The fourth-order valence-electron chi connectivity index (χ4n) is 2.24. The van der Waals surface area contributed by atoms with Crippen molar-refractivity contribution in [1.82, 2.24) is 9.78 Å². The van der Waals surface area contributed by atoms with Gasteiger partial charge in [-0.2, -0.15) is 5.10 Å². The zero-order valence-electron chi connectivity index (χ0n) is 11.3. The summed E-state index contributed by atoms with van der Waals surface area (Å²) in [5.74, 6) is -0.282. The summed E-state index contributed by atoms with van der Waals surface area (Å²) in [6, 6.07) is 13.8. The number of aromatic nitrogens is 2. The number of halogens is 1. The summed E-state index contributed by atoms with van der Waals surface area (Å²) in [6.45, 7) is 1.05. The van der Waals surface area contributed by atoms with E-state index in [1.807, 2.05) is 18.2 Å². The predicted molar refractivity (Wildman–Crippen MR) is 80.9 cm³/mol. The Hall–Kier alpha value is -2.69. The zero-order valence-corrected chi connectivity index (χ0v) is 11.3. The second kappa shape index (κ2) is 5.75. The lowest BCUT2D eigenvalue weighted by molar-refractivity contribution is 0.620. The van der Waals surface area contributed by atoms with Gasteiger partial charge in [0.05, 0.1) is 23.9 Å². The molecule has 0 atom stereocenters. The molecule has 5 heteroatoms. The highest BCUT2D eigenvalue weighted by Gasteiger charge is 2.03. The van der Waals surface area contributed by atoms with Crippen molar-refractivity contribution in [3.63, 3.8) is 0 Å². The fraction of sp³-hybridized carbons (Fsp3) is 0.125. The lowest BCUT2D eigenvalue weighted by atomic mass is 10.2. The molecule has 0 fully saturated rings. The Morgan fingerprint density at radius 1 is 1.10 bits per heavy atom. The number of nitrogens with zero attached hydrogens (tertiary/aromatic N) is 2. The highest BCUT2D eigenvalue weighted by Crippen LogP contribution is 2.12. The van der Waals surface area contributed by atoms with Crippen LogP contribution in [0.25, 0.3) is 10.9 Å². The maximum Gasteiger partial charge on any atom is 0.207 e. The zero-order chi connectivity index (χ0) is 14.7. The summed E-state index contributed by atoms with van der Waals surface area (Å²) in [5.41, 5.74) is 1.15. The van der Waals surface area contributed by atoms with E-state index in [0.29, 0.717) is 24.2 Å². The van der Waals surface area contributed by atoms with Gasteiger partial charge < -0.3 is 5.32 Å². The topological polar surface area (TPSA) is 46.9 Å². The minimum atomic E-state index is -0.282. The van der Waals surface area contributed by atoms with Crippen molar-refractivity contribution < 1.29 is 4.39 Å². The summed E-state index contributed by atoms with van der Waals surface area (Å²) in [7, 11) is 0. The van der Waals surface area contributed by atoms with E-state index < -0.39 is 0 Å². The average molecular weight is 283 g/mol. The van der Waals surface area contributed by atoms with Crippen LogP contribution in [0, 0.1) is 5.82 Å². The standard InChI is InChI=1S/C16H14FN3O/c17-13-6-2-3-7-14(13)18-9-10-20-15-8-4-1-5-12(15)16(21)11-19-20/h1-8,11,18H,9-10H2. The molecule has 0 amide bonds. The van der Waals surface area contributed by atoms with Crippen LogP contribution < -0.4 is 10.7 Å². The van der Waals surface area contributed by atoms with Crippen LogP contribution in [0.5, 0.6) is 0 Å². The van der Waals surface area contributed by atoms with Crippen LogP contribution in [0.3, 0.4) is 0 Å². The molecule has 2 aromatic carbocycles. The Balaban J connectivity index is 1.79. The predicted octanol–water partition coefficient (Wildman–Crippen LogP) is 2.65. The first-order valence-corrected chi connectivity index (χ1v) is 6.69. The quantitative estimate of drug-likeness (QED) is 0.800. The number of hydrogen-bond donors (Lipinski definition) is 1. The van der Waals surface area contributed by atoms with E-state index in [2.05, 4.69) is 10.4 Å². The fourth-order valence-corrected chi connectivity index (χ4v) is 2.24. The second-order valence-electron chi connectivity index (χ2n) is 4.66. The molecule has 0 unspecified atom stereocenters. The highest BCUT2D eigenvalue weighted by atomic mass is 19.1. The van der Waals surface area contributed by atoms with Crippen LogP contribution >= 0.6 is 0 Å². The van der Waals surface area contributed by atoms with Crippen LogP contribution in [0.2, 0.25) is 0 Å². The summed E-state index contributed by atoms with van der Waals surface area (Å²) in [4.78, 5) is 11.7. The van der Waals surface area contributed by atoms with Crippen molar-refractivity contribution >= 4 is 16.6 Å². The van der Waals surface area contributed by atoms with Gasteiger partial charge in [0.1, 0.15) is 5.82 Å². The van der Waals surface area contributed by atoms with Gasteiger partial charge in [0, 0.05) is 11.9 Å². The molecule has 106 valence electrons. The summed E-state index contributed by atoms with van der Waals surface area (Å²) in [5, 5.41) is 7.79. The maximum absolute atomic E-state index is 13.5. The minimum absolute atomic E-state index is 0.0936. The van der Waals surface area contributed by atoms with E-state index in [4.69, 9.17) is 0 Å². The third-order valence-electron chi connectivity index (χ3n) is 3.27. The van der Waals surface area contributed by atoms with Gasteiger partial charge in [0.25, 0.3) is 0 Å². The third-order valence-corrected chi connectivity index (χ3v) is 3.27. The molecule has 0 spiro atoms. The molecule has 0 bridgehead atoms. The van der Waals surface area contributed by atoms with Gasteiger partial charge in [-0.15, -0.1) is 0 Å². The molecule has 0 saturated carbocycles. The van der Waals surface area contributed by atoms with Crippen molar-refractivity contribution in [2.45, 2.75) is 6.54 Å². The lowest BCUT2D eigenvalue weighted by Gasteiger charge is -2.11. The first-order chi connectivity index (χ1) is 10.3. The molecule has 1 aromatic heterocycles. The molecule has 0 aliphatic heterocycles. The van der Waals surface area contributed by atoms with E-state index in [0.717, 1.165) is 5.52 Å². The van der Waals surface area contributed by atoms with Crippen molar-refractivity contribution in [2.75, 3.05) is 11.9 Å². The molecular formula is C16H14FN3O. The average Bonchev–Trinajstić information content (AvgIpc) is 2.52. The molecule has 1 heterocycles. The van der Waals surface area contributed by atoms with Crippen molar-refractivity contribution in [1.29, 1.82) is 0 Å². The number of anilines is 1. The number of rotatable bonds is 4. The maximum atomic E-state index is 13.5. The Bertz CT molecular complexity index is 829. The van der Waals surface area contributed by atoms with Gasteiger partial charge in [0.15, 0.2) is 0 Å². The number of benzene rings is 2. The number of para-hydroxylation sites is 2. The number of fused-ring (bicyclic) bond motifs is 1. The summed E-state index contributed by atoms with van der Waals surface area (Å²) in [6.07, 6.45) is 1.31. The monoisotopic (exact) mass is 283 g/mol. The molecule has 3 rings (SSSR count). The molecule has 4 nitrogen and oxygen atoms in total. The minimum Gasteiger partial charge on any atom is -0.381 e. The van der Waals surface area contributed by atoms with Gasteiger partial charge in [0.2, 0.25) is 5.43 Å². The van der Waals surface area contributed by atoms with E-state index in [1.165, 1.54) is 12.3 Å².